The molecule has 0 saturated carbocycles. The zero-order chi connectivity index (χ0) is 16.2. The van der Waals surface area contributed by atoms with Gasteiger partial charge in [0.15, 0.2) is 6.10 Å². The number of rotatable bonds is 5. The molecule has 3 nitrogen and oxygen atoms in total. The van der Waals surface area contributed by atoms with E-state index in [2.05, 4.69) is 0 Å². The minimum atomic E-state index is -4.58. The minimum Gasteiger partial charge on any atom is -0.478 e. The first-order valence-corrected chi connectivity index (χ1v) is 6.43. The number of hydrogen-bond acceptors (Lipinski definition) is 2. The van der Waals surface area contributed by atoms with Gasteiger partial charge in [-0.1, -0.05) is 42.5 Å². The van der Waals surface area contributed by atoms with Crippen molar-refractivity contribution in [3.63, 3.8) is 0 Å². The number of carboxylic acids is 1. The molecule has 116 valence electrons. The van der Waals surface area contributed by atoms with Gasteiger partial charge in [-0.15, -0.1) is 0 Å². The lowest BCUT2D eigenvalue weighted by molar-refractivity contribution is -0.227. The summed E-state index contributed by atoms with van der Waals surface area (Å²) in [7, 11) is 0. The van der Waals surface area contributed by atoms with Gasteiger partial charge < -0.3 is 9.84 Å². The fourth-order valence-electron chi connectivity index (χ4n) is 1.93. The predicted molar refractivity (Wildman–Crippen MR) is 73.4 cm³/mol. The van der Waals surface area contributed by atoms with Gasteiger partial charge in [-0.2, -0.15) is 13.2 Å². The number of hydrogen-bond donors (Lipinski definition) is 1. The molecule has 1 atom stereocenters. The van der Waals surface area contributed by atoms with Gasteiger partial charge in [0.2, 0.25) is 0 Å². The molecule has 2 aromatic carbocycles. The van der Waals surface area contributed by atoms with E-state index in [-0.39, 0.29) is 17.7 Å². The summed E-state index contributed by atoms with van der Waals surface area (Å²) in [6.07, 6.45) is -6.69. The van der Waals surface area contributed by atoms with Crippen molar-refractivity contribution in [2.24, 2.45) is 0 Å². The molecule has 1 unspecified atom stereocenters. The third-order valence-electron chi connectivity index (χ3n) is 3.02. The monoisotopic (exact) mass is 310 g/mol. The van der Waals surface area contributed by atoms with Crippen LogP contribution in [0.5, 0.6) is 0 Å². The van der Waals surface area contributed by atoms with Gasteiger partial charge in [0.25, 0.3) is 0 Å². The van der Waals surface area contributed by atoms with Crippen LogP contribution < -0.4 is 0 Å². The molecule has 22 heavy (non-hydrogen) atoms. The maximum absolute atomic E-state index is 13.1. The van der Waals surface area contributed by atoms with E-state index in [1.54, 1.807) is 30.3 Å². The van der Waals surface area contributed by atoms with Gasteiger partial charge in [0, 0.05) is 0 Å². The Bertz CT molecular complexity index is 621. The van der Waals surface area contributed by atoms with Gasteiger partial charge in [0.1, 0.15) is 0 Å². The van der Waals surface area contributed by atoms with Crippen LogP contribution in [0.1, 0.15) is 27.6 Å². The van der Waals surface area contributed by atoms with E-state index in [1.807, 2.05) is 0 Å². The Balaban J connectivity index is 2.17. The zero-order valence-corrected chi connectivity index (χ0v) is 11.4. The summed E-state index contributed by atoms with van der Waals surface area (Å²) in [4.78, 5) is 10.7. The third kappa shape index (κ3) is 4.08. The average Bonchev–Trinajstić information content (AvgIpc) is 2.47. The molecule has 0 aromatic heterocycles. The normalized spacial score (nSPS) is 12.9. The molecular formula is C16H13F3O3. The SMILES string of the molecule is O=C(O)c1ccc(C(OCc2ccccc2)C(F)(F)F)cc1. The standard InChI is InChI=1S/C16H13F3O3/c17-16(18,19)14(22-10-11-4-2-1-3-5-11)12-6-8-13(9-7-12)15(20)21/h1-9,14H,10H2,(H,20,21). The molecule has 1 N–H and O–H groups in total. The van der Waals surface area contributed by atoms with Crippen molar-refractivity contribution in [3.8, 4) is 0 Å². The van der Waals surface area contributed by atoms with Crippen molar-refractivity contribution in [2.75, 3.05) is 0 Å². The second kappa shape index (κ2) is 6.62. The van der Waals surface area contributed by atoms with Crippen LogP contribution in [-0.2, 0) is 11.3 Å². The first kappa shape index (κ1) is 16.0. The molecule has 0 aliphatic carbocycles. The highest BCUT2D eigenvalue weighted by Gasteiger charge is 2.41. The molecule has 0 amide bonds. The Kier molecular flexibility index (Phi) is 4.82. The quantitative estimate of drug-likeness (QED) is 0.900. The molecule has 0 fully saturated rings. The third-order valence-corrected chi connectivity index (χ3v) is 3.02. The Morgan fingerprint density at radius 3 is 2.14 bits per heavy atom. The van der Waals surface area contributed by atoms with Gasteiger partial charge >= 0.3 is 12.1 Å². The van der Waals surface area contributed by atoms with Crippen LogP contribution in [-0.4, -0.2) is 17.3 Å². The maximum atomic E-state index is 13.1. The van der Waals surface area contributed by atoms with Crippen LogP contribution in [0.2, 0.25) is 0 Å². The summed E-state index contributed by atoms with van der Waals surface area (Å²) >= 11 is 0. The Morgan fingerprint density at radius 2 is 1.64 bits per heavy atom. The van der Waals surface area contributed by atoms with Crippen molar-refractivity contribution < 1.29 is 27.8 Å². The van der Waals surface area contributed by atoms with E-state index in [0.29, 0.717) is 5.56 Å². The largest absolute Gasteiger partial charge is 0.478 e. The number of halogens is 3. The van der Waals surface area contributed by atoms with Crippen LogP contribution >= 0.6 is 0 Å². The molecule has 2 rings (SSSR count). The summed E-state index contributed by atoms with van der Waals surface area (Å²) in [5, 5.41) is 8.77. The van der Waals surface area contributed by atoms with Gasteiger partial charge in [0.05, 0.1) is 12.2 Å². The number of alkyl halides is 3. The van der Waals surface area contributed by atoms with Crippen LogP contribution in [0.25, 0.3) is 0 Å². The second-order valence-corrected chi connectivity index (χ2v) is 4.65. The van der Waals surface area contributed by atoms with Gasteiger partial charge in [-0.25, -0.2) is 4.79 Å². The van der Waals surface area contributed by atoms with Gasteiger partial charge in [-0.3, -0.25) is 0 Å². The molecule has 0 saturated heterocycles. The number of benzene rings is 2. The first-order chi connectivity index (χ1) is 10.4. The number of aromatic carboxylic acids is 1. The van der Waals surface area contributed by atoms with Crippen LogP contribution in [0.3, 0.4) is 0 Å². The van der Waals surface area contributed by atoms with Crippen molar-refractivity contribution in [2.45, 2.75) is 18.9 Å². The molecule has 0 spiro atoms. The summed E-state index contributed by atoms with van der Waals surface area (Å²) in [6.45, 7) is -0.189. The number of carboxylic acid groups (broad SMARTS) is 1. The highest BCUT2D eigenvalue weighted by molar-refractivity contribution is 5.87. The van der Waals surface area contributed by atoms with E-state index in [4.69, 9.17) is 9.84 Å². The lowest BCUT2D eigenvalue weighted by Gasteiger charge is -2.21. The highest BCUT2D eigenvalue weighted by atomic mass is 19.4. The number of carbonyl (C=O) groups is 1. The highest BCUT2D eigenvalue weighted by Crippen LogP contribution is 2.36. The molecule has 6 heteroatoms. The first-order valence-electron chi connectivity index (χ1n) is 6.43. The van der Waals surface area contributed by atoms with E-state index >= 15 is 0 Å². The summed E-state index contributed by atoms with van der Waals surface area (Å²) < 4.78 is 44.4. The van der Waals surface area contributed by atoms with Crippen molar-refractivity contribution in [1.82, 2.24) is 0 Å². The zero-order valence-electron chi connectivity index (χ0n) is 11.4. The molecule has 0 bridgehead atoms. The second-order valence-electron chi connectivity index (χ2n) is 4.65. The molecule has 0 aliphatic heterocycles. The summed E-state index contributed by atoms with van der Waals surface area (Å²) in [5.74, 6) is -1.19. The van der Waals surface area contributed by atoms with Crippen molar-refractivity contribution >= 4 is 5.97 Å². The van der Waals surface area contributed by atoms with E-state index in [1.165, 1.54) is 0 Å². The molecule has 0 heterocycles. The summed E-state index contributed by atoms with van der Waals surface area (Å²) in [6, 6.07) is 13.0. The Hall–Kier alpha value is -2.34. The fraction of sp³-hybridized carbons (Fsp3) is 0.188. The van der Waals surface area contributed by atoms with E-state index in [9.17, 15) is 18.0 Å². The lowest BCUT2D eigenvalue weighted by Crippen LogP contribution is -2.23. The lowest BCUT2D eigenvalue weighted by atomic mass is 10.1. The molecule has 0 radical (unpaired) electrons. The van der Waals surface area contributed by atoms with Crippen LogP contribution in [0, 0.1) is 0 Å². The van der Waals surface area contributed by atoms with E-state index < -0.39 is 18.2 Å². The topological polar surface area (TPSA) is 46.5 Å². The summed E-state index contributed by atoms with van der Waals surface area (Å²) in [5.41, 5.74) is 0.417. The average molecular weight is 310 g/mol. The van der Waals surface area contributed by atoms with E-state index in [0.717, 1.165) is 24.3 Å². The molecule has 2 aromatic rings. The Morgan fingerprint density at radius 1 is 1.05 bits per heavy atom. The van der Waals surface area contributed by atoms with Gasteiger partial charge in [-0.05, 0) is 23.3 Å². The van der Waals surface area contributed by atoms with Crippen LogP contribution in [0.4, 0.5) is 13.2 Å². The Labute approximate surface area is 125 Å². The number of ether oxygens (including phenoxy) is 1. The maximum Gasteiger partial charge on any atom is 0.418 e. The smallest absolute Gasteiger partial charge is 0.418 e. The van der Waals surface area contributed by atoms with Crippen molar-refractivity contribution in [3.05, 3.63) is 71.3 Å². The fourth-order valence-corrected chi connectivity index (χ4v) is 1.93. The molecule has 0 aliphatic rings. The molecular weight excluding hydrogens is 297 g/mol. The van der Waals surface area contributed by atoms with Crippen molar-refractivity contribution in [1.29, 1.82) is 0 Å². The minimum absolute atomic E-state index is 0.0762. The predicted octanol–water partition coefficient (Wildman–Crippen LogP) is 4.21. The van der Waals surface area contributed by atoms with Crippen LogP contribution in [0.15, 0.2) is 54.6 Å².